The average Bonchev–Trinajstić information content (AvgIpc) is 2.98. The van der Waals surface area contributed by atoms with E-state index < -0.39 is 11.9 Å². The van der Waals surface area contributed by atoms with Gasteiger partial charge in [0.05, 0.1) is 0 Å². The number of halogens is 3. The van der Waals surface area contributed by atoms with Crippen LogP contribution in [0.2, 0.25) is 0 Å². The number of ether oxygens (including phenoxy) is 1. The van der Waals surface area contributed by atoms with Crippen molar-refractivity contribution in [3.63, 3.8) is 0 Å². The molecule has 0 radical (unpaired) electrons. The Hall–Kier alpha value is -2.52. The summed E-state index contributed by atoms with van der Waals surface area (Å²) >= 11 is 0. The number of hydrogen-bond acceptors (Lipinski definition) is 6. The molecular weight excluding hydrogens is 361 g/mol. The van der Waals surface area contributed by atoms with Crippen LogP contribution in [0.15, 0.2) is 12.4 Å². The van der Waals surface area contributed by atoms with Crippen molar-refractivity contribution in [2.45, 2.75) is 32.9 Å². The molecule has 0 saturated carbocycles. The molecule has 27 heavy (non-hydrogen) atoms. The van der Waals surface area contributed by atoms with Gasteiger partial charge in [0.2, 0.25) is 11.8 Å². The first-order valence-electron chi connectivity index (χ1n) is 8.81. The van der Waals surface area contributed by atoms with E-state index in [1.165, 1.54) is 13.4 Å². The fourth-order valence-corrected chi connectivity index (χ4v) is 3.27. The highest BCUT2D eigenvalue weighted by molar-refractivity contribution is 5.68. The number of aromatic nitrogens is 4. The normalized spacial score (nSPS) is 16.2. The van der Waals surface area contributed by atoms with Crippen molar-refractivity contribution in [2.24, 2.45) is 18.9 Å². The quantitative estimate of drug-likeness (QED) is 0.869. The van der Waals surface area contributed by atoms with Crippen molar-refractivity contribution in [3.8, 4) is 11.8 Å². The number of alkyl halides is 3. The van der Waals surface area contributed by atoms with E-state index in [0.29, 0.717) is 17.7 Å². The molecule has 0 aliphatic carbocycles. The Kier molecular flexibility index (Phi) is 5.16. The first-order valence-corrected chi connectivity index (χ1v) is 8.81. The summed E-state index contributed by atoms with van der Waals surface area (Å²) in [5.74, 6) is 1.75. The molecule has 0 aromatic carbocycles. The lowest BCUT2D eigenvalue weighted by Gasteiger charge is -2.35. The highest BCUT2D eigenvalue weighted by Gasteiger charge is 2.35. The van der Waals surface area contributed by atoms with Crippen LogP contribution in [0.3, 0.4) is 0 Å². The topological polar surface area (TPSA) is 82.1 Å². The van der Waals surface area contributed by atoms with Gasteiger partial charge in [0, 0.05) is 26.2 Å². The predicted octanol–water partition coefficient (Wildman–Crippen LogP) is 3.48. The zero-order chi connectivity index (χ0) is 19.8. The average molecular weight is 384 g/mol. The first-order chi connectivity index (χ1) is 12.7. The molecule has 0 unspecified atom stereocenters. The summed E-state index contributed by atoms with van der Waals surface area (Å²) in [5, 5.41) is 3.42. The molecule has 1 aliphatic rings. The standard InChI is InChI=1S/C17H23F3N6O/c1-10(2)11-4-6-26(7-5-11)15-14(21)16(23-9-22-15)27-13-8-12(17(18,19)20)24-25(13)3/h8-11H,4-7,21H2,1-3H3. The van der Waals surface area contributed by atoms with Crippen LogP contribution in [-0.4, -0.2) is 32.8 Å². The van der Waals surface area contributed by atoms with E-state index >= 15 is 0 Å². The van der Waals surface area contributed by atoms with Crippen LogP contribution < -0.4 is 15.4 Å². The van der Waals surface area contributed by atoms with Crippen molar-refractivity contribution in [3.05, 3.63) is 18.1 Å². The number of anilines is 2. The van der Waals surface area contributed by atoms with Crippen LogP contribution in [0, 0.1) is 11.8 Å². The van der Waals surface area contributed by atoms with Crippen LogP contribution in [0.25, 0.3) is 0 Å². The molecule has 7 nitrogen and oxygen atoms in total. The fourth-order valence-electron chi connectivity index (χ4n) is 3.27. The van der Waals surface area contributed by atoms with Crippen LogP contribution >= 0.6 is 0 Å². The van der Waals surface area contributed by atoms with Crippen LogP contribution in [0.4, 0.5) is 24.7 Å². The molecule has 0 atom stereocenters. The molecule has 1 aliphatic heterocycles. The Morgan fingerprint density at radius 3 is 2.44 bits per heavy atom. The number of nitrogen functional groups attached to an aromatic ring is 1. The van der Waals surface area contributed by atoms with E-state index in [-0.39, 0.29) is 17.4 Å². The van der Waals surface area contributed by atoms with Crippen LogP contribution in [0.1, 0.15) is 32.4 Å². The van der Waals surface area contributed by atoms with Crippen molar-refractivity contribution in [2.75, 3.05) is 23.7 Å². The Labute approximate surface area is 155 Å². The number of nitrogens with zero attached hydrogens (tertiary/aromatic N) is 5. The van der Waals surface area contributed by atoms with Gasteiger partial charge < -0.3 is 15.4 Å². The van der Waals surface area contributed by atoms with Crippen molar-refractivity contribution in [1.29, 1.82) is 0 Å². The van der Waals surface area contributed by atoms with Gasteiger partial charge >= 0.3 is 6.18 Å². The molecule has 2 aromatic rings. The molecule has 2 N–H and O–H groups in total. The summed E-state index contributed by atoms with van der Waals surface area (Å²) in [4.78, 5) is 10.3. The summed E-state index contributed by atoms with van der Waals surface area (Å²) in [6.45, 7) is 6.06. The van der Waals surface area contributed by atoms with E-state index in [1.807, 2.05) is 0 Å². The molecule has 0 amide bonds. The summed E-state index contributed by atoms with van der Waals surface area (Å²) in [6.07, 6.45) is -1.18. The second-order valence-corrected chi connectivity index (χ2v) is 7.08. The van der Waals surface area contributed by atoms with E-state index in [9.17, 15) is 13.2 Å². The molecule has 2 aromatic heterocycles. The molecule has 3 heterocycles. The van der Waals surface area contributed by atoms with Crippen LogP contribution in [0.5, 0.6) is 11.8 Å². The third-order valence-electron chi connectivity index (χ3n) is 4.94. The van der Waals surface area contributed by atoms with E-state index in [0.717, 1.165) is 36.7 Å². The maximum atomic E-state index is 12.8. The van der Waals surface area contributed by atoms with Crippen molar-refractivity contribution in [1.82, 2.24) is 19.7 Å². The largest absolute Gasteiger partial charge is 0.435 e. The number of nitrogens with two attached hydrogens (primary N) is 1. The van der Waals surface area contributed by atoms with Gasteiger partial charge in [-0.2, -0.15) is 23.3 Å². The summed E-state index contributed by atoms with van der Waals surface area (Å²) < 4.78 is 44.9. The fraction of sp³-hybridized carbons (Fsp3) is 0.588. The number of aryl methyl sites for hydroxylation is 1. The van der Waals surface area contributed by atoms with Crippen molar-refractivity contribution >= 4 is 11.5 Å². The van der Waals surface area contributed by atoms with E-state index in [1.54, 1.807) is 0 Å². The van der Waals surface area contributed by atoms with Crippen molar-refractivity contribution < 1.29 is 17.9 Å². The van der Waals surface area contributed by atoms with Gasteiger partial charge in [-0.3, -0.25) is 0 Å². The van der Waals surface area contributed by atoms with Gasteiger partial charge in [-0.25, -0.2) is 9.67 Å². The zero-order valence-corrected chi connectivity index (χ0v) is 15.5. The lowest BCUT2D eigenvalue weighted by atomic mass is 9.87. The predicted molar refractivity (Wildman–Crippen MR) is 94.5 cm³/mol. The first kappa shape index (κ1) is 19.2. The molecule has 10 heteroatoms. The highest BCUT2D eigenvalue weighted by atomic mass is 19.4. The summed E-state index contributed by atoms with van der Waals surface area (Å²) in [7, 11) is 1.36. The Morgan fingerprint density at radius 1 is 1.22 bits per heavy atom. The molecule has 0 spiro atoms. The molecule has 148 valence electrons. The monoisotopic (exact) mass is 384 g/mol. The minimum absolute atomic E-state index is 0.0164. The maximum absolute atomic E-state index is 12.8. The SMILES string of the molecule is CC(C)C1CCN(c2ncnc(Oc3cc(C(F)(F)F)nn3C)c2N)CC1. The Morgan fingerprint density at radius 2 is 1.89 bits per heavy atom. The zero-order valence-electron chi connectivity index (χ0n) is 15.5. The van der Waals surface area contributed by atoms with E-state index in [2.05, 4.69) is 33.8 Å². The summed E-state index contributed by atoms with van der Waals surface area (Å²) in [5.41, 5.74) is 5.32. The second kappa shape index (κ2) is 7.24. The minimum Gasteiger partial charge on any atom is -0.419 e. The van der Waals surface area contributed by atoms with Gasteiger partial charge in [-0.05, 0) is 24.7 Å². The Balaban J connectivity index is 1.79. The lowest BCUT2D eigenvalue weighted by Crippen LogP contribution is -2.36. The Bertz CT molecular complexity index is 796. The minimum atomic E-state index is -4.55. The molecule has 0 bridgehead atoms. The van der Waals surface area contributed by atoms with Gasteiger partial charge in [-0.1, -0.05) is 13.8 Å². The van der Waals surface area contributed by atoms with Gasteiger partial charge in [-0.15, -0.1) is 0 Å². The third kappa shape index (κ3) is 4.09. The number of hydrogen-bond donors (Lipinski definition) is 1. The van der Waals surface area contributed by atoms with Gasteiger partial charge in [0.1, 0.15) is 12.0 Å². The molecule has 1 saturated heterocycles. The molecular formula is C17H23F3N6O. The molecule has 3 rings (SSSR count). The van der Waals surface area contributed by atoms with Gasteiger partial charge in [0.15, 0.2) is 11.5 Å². The van der Waals surface area contributed by atoms with E-state index in [4.69, 9.17) is 10.5 Å². The second-order valence-electron chi connectivity index (χ2n) is 7.08. The van der Waals surface area contributed by atoms with Gasteiger partial charge in [0.25, 0.3) is 0 Å². The number of rotatable bonds is 4. The smallest absolute Gasteiger partial charge is 0.419 e. The maximum Gasteiger partial charge on any atom is 0.435 e. The third-order valence-corrected chi connectivity index (χ3v) is 4.94. The number of piperidine rings is 1. The highest BCUT2D eigenvalue weighted by Crippen LogP contribution is 2.36. The summed E-state index contributed by atoms with van der Waals surface area (Å²) in [6, 6.07) is 0.815. The van der Waals surface area contributed by atoms with Crippen LogP contribution in [-0.2, 0) is 13.2 Å². The lowest BCUT2D eigenvalue weighted by molar-refractivity contribution is -0.141. The molecule has 1 fully saturated rings.